The van der Waals surface area contributed by atoms with Gasteiger partial charge in [-0.2, -0.15) is 0 Å². The van der Waals surface area contributed by atoms with Gasteiger partial charge in [0, 0.05) is 5.69 Å². The van der Waals surface area contributed by atoms with Crippen molar-refractivity contribution in [2.75, 3.05) is 5.32 Å². The lowest BCUT2D eigenvalue weighted by atomic mass is 10.1. The molecule has 2 heterocycles. The van der Waals surface area contributed by atoms with Crippen LogP contribution in [0.4, 0.5) is 10.8 Å². The number of aryl methyl sites for hydroxylation is 2. The van der Waals surface area contributed by atoms with Gasteiger partial charge in [-0.05, 0) is 36.6 Å². The van der Waals surface area contributed by atoms with E-state index in [4.69, 9.17) is 5.73 Å². The molecule has 0 atom stereocenters. The summed E-state index contributed by atoms with van der Waals surface area (Å²) >= 11 is 2.83. The van der Waals surface area contributed by atoms with Crippen LogP contribution in [-0.2, 0) is 23.5 Å². The second kappa shape index (κ2) is 9.49. The van der Waals surface area contributed by atoms with Gasteiger partial charge in [0.25, 0.3) is 5.56 Å². The minimum absolute atomic E-state index is 0.220. The van der Waals surface area contributed by atoms with E-state index >= 15 is 0 Å². The molecule has 0 saturated heterocycles. The molecule has 10 heteroatoms. The van der Waals surface area contributed by atoms with Crippen LogP contribution in [0, 0.1) is 6.92 Å². The summed E-state index contributed by atoms with van der Waals surface area (Å²) in [5, 5.41) is 13.0. The number of nitrogens with zero attached hydrogens (tertiary/aromatic N) is 4. The number of fused-ring (bicyclic) bond motifs is 1. The molecular weight excluding hydrogens is 444 g/mol. The van der Waals surface area contributed by atoms with Crippen LogP contribution in [0.25, 0.3) is 10.9 Å². The highest BCUT2D eigenvalue weighted by Crippen LogP contribution is 2.32. The van der Waals surface area contributed by atoms with E-state index < -0.39 is 5.91 Å². The average molecular weight is 467 g/mol. The normalized spacial score (nSPS) is 11.1. The van der Waals surface area contributed by atoms with E-state index in [0.29, 0.717) is 27.6 Å². The molecule has 0 fully saturated rings. The van der Waals surface area contributed by atoms with Gasteiger partial charge in [-0.3, -0.25) is 14.2 Å². The van der Waals surface area contributed by atoms with E-state index in [1.807, 2.05) is 12.1 Å². The Kier molecular flexibility index (Phi) is 6.52. The molecular formula is C22H22N6O2S2. The largest absolute Gasteiger partial charge is 0.368 e. The number of hydrogen-bond acceptors (Lipinski definition) is 8. The molecule has 0 aliphatic heterocycles. The van der Waals surface area contributed by atoms with Gasteiger partial charge in [0.15, 0.2) is 4.34 Å². The van der Waals surface area contributed by atoms with Gasteiger partial charge in [-0.1, -0.05) is 60.4 Å². The zero-order valence-corrected chi connectivity index (χ0v) is 19.3. The highest BCUT2D eigenvalue weighted by Gasteiger charge is 2.15. The molecule has 164 valence electrons. The van der Waals surface area contributed by atoms with Gasteiger partial charge in [-0.15, -0.1) is 10.2 Å². The molecule has 32 heavy (non-hydrogen) atoms. The Morgan fingerprint density at radius 2 is 2.00 bits per heavy atom. The fraction of sp³-hybridized carbons (Fsp3) is 0.227. The maximum Gasteiger partial charge on any atom is 0.261 e. The Morgan fingerprint density at radius 3 is 2.78 bits per heavy atom. The monoisotopic (exact) mass is 466 g/mol. The van der Waals surface area contributed by atoms with Gasteiger partial charge < -0.3 is 11.1 Å². The maximum atomic E-state index is 12.9. The van der Waals surface area contributed by atoms with Crippen LogP contribution in [0.5, 0.6) is 0 Å². The van der Waals surface area contributed by atoms with Crippen molar-refractivity contribution >= 4 is 50.7 Å². The molecule has 4 aromatic rings. The first kappa shape index (κ1) is 22.0. The Labute approximate surface area is 192 Å². The fourth-order valence-corrected chi connectivity index (χ4v) is 5.10. The number of anilines is 2. The fourth-order valence-electron chi connectivity index (χ4n) is 3.40. The summed E-state index contributed by atoms with van der Waals surface area (Å²) in [7, 11) is 0. The van der Waals surface area contributed by atoms with Crippen molar-refractivity contribution in [1.82, 2.24) is 19.7 Å². The number of aromatic nitrogens is 4. The predicted octanol–water partition coefficient (Wildman–Crippen LogP) is 3.64. The SMILES string of the molecule is CCc1cccc(C)c1Nc1nnc(SCc2nc3ccccc3c(=O)n2CC(N)=O)s1. The molecule has 0 unspecified atom stereocenters. The minimum Gasteiger partial charge on any atom is -0.368 e. The summed E-state index contributed by atoms with van der Waals surface area (Å²) in [4.78, 5) is 29.0. The van der Waals surface area contributed by atoms with Crippen molar-refractivity contribution in [1.29, 1.82) is 0 Å². The summed E-state index contributed by atoms with van der Waals surface area (Å²) in [6.07, 6.45) is 0.912. The molecule has 0 aliphatic rings. The van der Waals surface area contributed by atoms with E-state index in [2.05, 4.69) is 46.5 Å². The highest BCUT2D eigenvalue weighted by atomic mass is 32.2. The van der Waals surface area contributed by atoms with Crippen LogP contribution in [0.3, 0.4) is 0 Å². The smallest absolute Gasteiger partial charge is 0.261 e. The van der Waals surface area contributed by atoms with Crippen molar-refractivity contribution in [2.24, 2.45) is 5.73 Å². The molecule has 2 aromatic carbocycles. The zero-order valence-electron chi connectivity index (χ0n) is 17.7. The van der Waals surface area contributed by atoms with E-state index in [1.165, 1.54) is 33.2 Å². The van der Waals surface area contributed by atoms with Crippen LogP contribution in [-0.4, -0.2) is 25.7 Å². The quantitative estimate of drug-likeness (QED) is 0.381. The second-order valence-electron chi connectivity index (χ2n) is 7.15. The predicted molar refractivity (Wildman–Crippen MR) is 129 cm³/mol. The number of primary amides is 1. The molecule has 0 saturated carbocycles. The molecule has 0 spiro atoms. The number of amides is 1. The molecule has 0 aliphatic carbocycles. The summed E-state index contributed by atoms with van der Waals surface area (Å²) in [5.41, 5.74) is 9.07. The third-order valence-electron chi connectivity index (χ3n) is 4.96. The number of carbonyl (C=O) groups is 1. The Hall–Kier alpha value is -3.24. The third-order valence-corrected chi connectivity index (χ3v) is 6.93. The van der Waals surface area contributed by atoms with Crippen LogP contribution in [0.2, 0.25) is 0 Å². The van der Waals surface area contributed by atoms with Crippen molar-refractivity contribution in [3.63, 3.8) is 0 Å². The summed E-state index contributed by atoms with van der Waals surface area (Å²) in [6.45, 7) is 3.95. The van der Waals surface area contributed by atoms with Crippen LogP contribution < -0.4 is 16.6 Å². The molecule has 1 amide bonds. The maximum absolute atomic E-state index is 12.9. The number of hydrogen-bond donors (Lipinski definition) is 2. The van der Waals surface area contributed by atoms with Crippen molar-refractivity contribution in [3.8, 4) is 0 Å². The summed E-state index contributed by atoms with van der Waals surface area (Å²) < 4.78 is 2.06. The van der Waals surface area contributed by atoms with Crippen molar-refractivity contribution < 1.29 is 4.79 Å². The lowest BCUT2D eigenvalue weighted by Gasteiger charge is -2.11. The topological polar surface area (TPSA) is 116 Å². The molecule has 3 N–H and O–H groups in total. The van der Waals surface area contributed by atoms with Gasteiger partial charge in [-0.25, -0.2) is 4.98 Å². The lowest BCUT2D eigenvalue weighted by Crippen LogP contribution is -2.31. The van der Waals surface area contributed by atoms with E-state index in [-0.39, 0.29) is 12.1 Å². The number of rotatable bonds is 8. The van der Waals surface area contributed by atoms with Crippen molar-refractivity contribution in [2.45, 2.75) is 36.9 Å². The van der Waals surface area contributed by atoms with Crippen LogP contribution >= 0.6 is 23.1 Å². The Bertz CT molecular complexity index is 1350. The van der Waals surface area contributed by atoms with Gasteiger partial charge in [0.05, 0.1) is 16.7 Å². The molecule has 8 nitrogen and oxygen atoms in total. The minimum atomic E-state index is -0.595. The standard InChI is InChI=1S/C22H22N6O2S2/c1-3-14-8-6-7-13(2)19(14)25-21-26-27-22(32-21)31-12-18-24-16-10-5-4-9-15(16)20(30)28(18)11-17(23)29/h4-10H,3,11-12H2,1-2H3,(H2,23,29)(H,25,26). The van der Waals surface area contributed by atoms with Crippen molar-refractivity contribution in [3.05, 3.63) is 69.8 Å². The molecule has 0 bridgehead atoms. The van der Waals surface area contributed by atoms with E-state index in [0.717, 1.165) is 22.0 Å². The number of para-hydroxylation sites is 2. The van der Waals surface area contributed by atoms with Gasteiger partial charge in [0.1, 0.15) is 12.4 Å². The van der Waals surface area contributed by atoms with E-state index in [1.54, 1.807) is 18.2 Å². The number of nitrogens with two attached hydrogens (primary N) is 1. The highest BCUT2D eigenvalue weighted by molar-refractivity contribution is 8.00. The third kappa shape index (κ3) is 4.66. The molecule has 2 aromatic heterocycles. The summed E-state index contributed by atoms with van der Waals surface area (Å²) in [5.74, 6) is 0.226. The first-order valence-electron chi connectivity index (χ1n) is 10.0. The van der Waals surface area contributed by atoms with Crippen LogP contribution in [0.15, 0.2) is 51.6 Å². The average Bonchev–Trinajstić information content (AvgIpc) is 3.23. The number of carbonyl (C=O) groups excluding carboxylic acids is 1. The van der Waals surface area contributed by atoms with Gasteiger partial charge >= 0.3 is 0 Å². The van der Waals surface area contributed by atoms with E-state index in [9.17, 15) is 9.59 Å². The Balaban J connectivity index is 1.57. The zero-order chi connectivity index (χ0) is 22.7. The number of nitrogens with one attached hydrogen (secondary N) is 1. The summed E-state index contributed by atoms with van der Waals surface area (Å²) in [6, 6.07) is 13.3. The molecule has 0 radical (unpaired) electrons. The van der Waals surface area contributed by atoms with Gasteiger partial charge in [0.2, 0.25) is 11.0 Å². The lowest BCUT2D eigenvalue weighted by molar-refractivity contribution is -0.118. The first-order chi connectivity index (χ1) is 15.5. The van der Waals surface area contributed by atoms with Crippen LogP contribution in [0.1, 0.15) is 23.9 Å². The molecule has 4 rings (SSSR count). The Morgan fingerprint density at radius 1 is 1.19 bits per heavy atom. The first-order valence-corrected chi connectivity index (χ1v) is 11.8. The second-order valence-corrected chi connectivity index (χ2v) is 9.35. The number of benzene rings is 2. The number of thioether (sulfide) groups is 1.